The van der Waals surface area contributed by atoms with Crippen LogP contribution in [0.4, 0.5) is 0 Å². The van der Waals surface area contributed by atoms with Gasteiger partial charge in [-0.25, -0.2) is 0 Å². The summed E-state index contributed by atoms with van der Waals surface area (Å²) in [6.07, 6.45) is 5.89. The third kappa shape index (κ3) is 8.13. The van der Waals surface area contributed by atoms with Crippen molar-refractivity contribution < 1.29 is 19.2 Å². The topological polar surface area (TPSA) is 173 Å². The molecule has 37 heavy (non-hydrogen) atoms. The van der Waals surface area contributed by atoms with Crippen LogP contribution in [-0.2, 0) is 20.8 Å². The Morgan fingerprint density at radius 2 is 1.92 bits per heavy atom. The monoisotopic (exact) mass is 507 g/mol. The Balaban J connectivity index is 1.70. The zero-order valence-corrected chi connectivity index (χ0v) is 20.6. The lowest BCUT2D eigenvalue weighted by molar-refractivity contribution is -0.140. The van der Waals surface area contributed by atoms with Crippen LogP contribution in [0.5, 0.6) is 0 Å². The highest BCUT2D eigenvalue weighted by molar-refractivity contribution is 5.98. The fraction of sp³-hybridized carbons (Fsp3) is 0.385. The van der Waals surface area contributed by atoms with E-state index in [-0.39, 0.29) is 18.3 Å². The fourth-order valence-corrected chi connectivity index (χ4v) is 4.26. The van der Waals surface area contributed by atoms with E-state index in [0.29, 0.717) is 50.6 Å². The van der Waals surface area contributed by atoms with Crippen LogP contribution < -0.4 is 22.1 Å². The van der Waals surface area contributed by atoms with Gasteiger partial charge in [0.15, 0.2) is 5.96 Å². The van der Waals surface area contributed by atoms with E-state index >= 15 is 0 Å². The number of nitrogens with one attached hydrogen (secondary N) is 2. The molecular formula is C26H33N7O4. The molecule has 0 unspecified atom stereocenters. The van der Waals surface area contributed by atoms with Gasteiger partial charge in [0.1, 0.15) is 18.4 Å². The zero-order valence-electron chi connectivity index (χ0n) is 20.6. The number of nitrogens with two attached hydrogens (primary N) is 2. The minimum atomic E-state index is -0.884. The number of aromatic nitrogens is 1. The smallest absolute Gasteiger partial charge is 0.253 e. The highest BCUT2D eigenvalue weighted by atomic mass is 16.2. The predicted molar refractivity (Wildman–Crippen MR) is 138 cm³/mol. The van der Waals surface area contributed by atoms with Crippen molar-refractivity contribution in [2.45, 2.75) is 50.2 Å². The van der Waals surface area contributed by atoms with Crippen molar-refractivity contribution in [1.82, 2.24) is 20.5 Å². The van der Waals surface area contributed by atoms with Gasteiger partial charge in [-0.1, -0.05) is 30.3 Å². The van der Waals surface area contributed by atoms with Crippen molar-refractivity contribution >= 4 is 30.0 Å². The molecule has 6 N–H and O–H groups in total. The van der Waals surface area contributed by atoms with E-state index in [2.05, 4.69) is 20.6 Å². The van der Waals surface area contributed by atoms with Crippen LogP contribution in [0.2, 0.25) is 0 Å². The van der Waals surface area contributed by atoms with E-state index in [4.69, 9.17) is 11.5 Å². The number of guanidine groups is 1. The van der Waals surface area contributed by atoms with Gasteiger partial charge >= 0.3 is 0 Å². The summed E-state index contributed by atoms with van der Waals surface area (Å²) in [7, 11) is 0. The van der Waals surface area contributed by atoms with E-state index in [1.54, 1.807) is 18.3 Å². The van der Waals surface area contributed by atoms with E-state index in [0.717, 1.165) is 5.56 Å². The van der Waals surface area contributed by atoms with Gasteiger partial charge in [-0.2, -0.15) is 0 Å². The molecule has 2 aromatic rings. The number of pyridine rings is 1. The number of rotatable bonds is 12. The molecule has 1 aliphatic rings. The van der Waals surface area contributed by atoms with Crippen LogP contribution >= 0.6 is 0 Å². The molecule has 0 saturated carbocycles. The van der Waals surface area contributed by atoms with E-state index in [1.165, 1.54) is 11.1 Å². The van der Waals surface area contributed by atoms with Gasteiger partial charge in [0, 0.05) is 31.9 Å². The van der Waals surface area contributed by atoms with Crippen molar-refractivity contribution in [2.75, 3.05) is 13.1 Å². The number of carbonyl (C=O) groups is 4. The first kappa shape index (κ1) is 27.3. The summed E-state index contributed by atoms with van der Waals surface area (Å²) in [5, 5.41) is 5.55. The van der Waals surface area contributed by atoms with Gasteiger partial charge in [0.05, 0.1) is 11.6 Å². The first-order valence-corrected chi connectivity index (χ1v) is 12.3. The number of nitrogens with zero attached hydrogens (tertiary/aromatic N) is 3. The van der Waals surface area contributed by atoms with Crippen LogP contribution in [0.3, 0.4) is 0 Å². The Morgan fingerprint density at radius 1 is 1.14 bits per heavy atom. The van der Waals surface area contributed by atoms with Gasteiger partial charge in [0.2, 0.25) is 11.8 Å². The second-order valence-corrected chi connectivity index (χ2v) is 8.85. The van der Waals surface area contributed by atoms with Crippen molar-refractivity contribution in [2.24, 2.45) is 16.5 Å². The van der Waals surface area contributed by atoms with Gasteiger partial charge < -0.3 is 31.8 Å². The molecule has 0 bridgehead atoms. The summed E-state index contributed by atoms with van der Waals surface area (Å²) in [6, 6.07) is 10.3. The minimum absolute atomic E-state index is 0.0347. The molecule has 2 heterocycles. The minimum Gasteiger partial charge on any atom is -0.370 e. The highest BCUT2D eigenvalue weighted by Crippen LogP contribution is 2.20. The first-order chi connectivity index (χ1) is 17.9. The van der Waals surface area contributed by atoms with E-state index in [1.807, 2.05) is 30.3 Å². The standard InChI is InChI=1S/C26H33N7O4/c27-26(28)30-13-5-10-20(17-34)31-24(36)22-11-6-14-33(22)25(37)21(15-18-7-2-1-3-8-18)32-23(35)19-9-4-12-29-16-19/h1-4,7-9,12,16-17,20-22H,5-6,10-11,13-15H2,(H,31,36)(H,32,35)(H4,27,28,30)/t20-,21+,22-/m0/s1. The molecule has 0 radical (unpaired) electrons. The summed E-state index contributed by atoms with van der Waals surface area (Å²) >= 11 is 0. The van der Waals surface area contributed by atoms with Gasteiger partial charge in [-0.15, -0.1) is 0 Å². The highest BCUT2D eigenvalue weighted by Gasteiger charge is 2.38. The fourth-order valence-electron chi connectivity index (χ4n) is 4.26. The maximum Gasteiger partial charge on any atom is 0.253 e. The van der Waals surface area contributed by atoms with Crippen LogP contribution in [0.15, 0.2) is 59.9 Å². The molecule has 11 heteroatoms. The number of amides is 3. The van der Waals surface area contributed by atoms with Gasteiger partial charge in [-0.05, 0) is 43.4 Å². The average Bonchev–Trinajstić information content (AvgIpc) is 3.40. The van der Waals surface area contributed by atoms with E-state index in [9.17, 15) is 19.2 Å². The van der Waals surface area contributed by atoms with Crippen LogP contribution in [0.1, 0.15) is 41.6 Å². The maximum atomic E-state index is 13.7. The Kier molecular flexibility index (Phi) is 10.1. The third-order valence-electron chi connectivity index (χ3n) is 6.11. The quantitative estimate of drug-likeness (QED) is 0.137. The average molecular weight is 508 g/mol. The number of benzene rings is 1. The Morgan fingerprint density at radius 3 is 2.59 bits per heavy atom. The largest absolute Gasteiger partial charge is 0.370 e. The Labute approximate surface area is 215 Å². The second-order valence-electron chi connectivity index (χ2n) is 8.85. The summed E-state index contributed by atoms with van der Waals surface area (Å²) in [6.45, 7) is 0.718. The molecule has 1 fully saturated rings. The lowest BCUT2D eigenvalue weighted by atomic mass is 10.0. The predicted octanol–water partition coefficient (Wildman–Crippen LogP) is 0.151. The molecule has 1 aromatic heterocycles. The van der Waals surface area contributed by atoms with Crippen LogP contribution in [0, 0.1) is 0 Å². The van der Waals surface area contributed by atoms with Crippen molar-refractivity contribution in [3.8, 4) is 0 Å². The Bertz CT molecular complexity index is 1090. The first-order valence-electron chi connectivity index (χ1n) is 12.3. The molecule has 196 valence electrons. The number of likely N-dealkylation sites (tertiary alicyclic amines) is 1. The van der Waals surface area contributed by atoms with Crippen LogP contribution in [0.25, 0.3) is 0 Å². The summed E-state index contributed by atoms with van der Waals surface area (Å²) < 4.78 is 0. The lowest BCUT2D eigenvalue weighted by Gasteiger charge is -2.29. The zero-order chi connectivity index (χ0) is 26.6. The molecule has 3 rings (SSSR count). The summed E-state index contributed by atoms with van der Waals surface area (Å²) in [5.41, 5.74) is 11.8. The number of aliphatic imine (C=N–C) groups is 1. The molecule has 3 amide bonds. The van der Waals surface area contributed by atoms with Gasteiger partial charge in [-0.3, -0.25) is 24.4 Å². The normalized spacial score (nSPS) is 16.3. The third-order valence-corrected chi connectivity index (χ3v) is 6.11. The Hall–Kier alpha value is -4.28. The van der Waals surface area contributed by atoms with Crippen molar-refractivity contribution in [1.29, 1.82) is 0 Å². The number of hydrogen-bond donors (Lipinski definition) is 4. The molecule has 1 aromatic carbocycles. The SMILES string of the molecule is NC(N)=NCCC[C@@H](C=O)NC(=O)[C@@H]1CCCN1C(=O)[C@@H](Cc1ccccc1)NC(=O)c1cccnc1. The molecule has 1 aliphatic heterocycles. The molecule has 11 nitrogen and oxygen atoms in total. The molecule has 1 saturated heterocycles. The second kappa shape index (κ2) is 13.7. The maximum absolute atomic E-state index is 13.7. The number of carbonyl (C=O) groups excluding carboxylic acids is 4. The van der Waals surface area contributed by atoms with Crippen molar-refractivity contribution in [3.63, 3.8) is 0 Å². The number of aldehydes is 1. The van der Waals surface area contributed by atoms with Gasteiger partial charge in [0.25, 0.3) is 5.91 Å². The molecule has 0 spiro atoms. The lowest BCUT2D eigenvalue weighted by Crippen LogP contribution is -2.55. The van der Waals surface area contributed by atoms with Crippen molar-refractivity contribution in [3.05, 3.63) is 66.0 Å². The van der Waals surface area contributed by atoms with Crippen LogP contribution in [-0.4, -0.2) is 71.1 Å². The molecule has 0 aliphatic carbocycles. The van der Waals surface area contributed by atoms with E-state index < -0.39 is 29.9 Å². The molecular weight excluding hydrogens is 474 g/mol. The summed E-state index contributed by atoms with van der Waals surface area (Å²) in [5.74, 6) is -1.21. The molecule has 3 atom stereocenters. The number of hydrogen-bond acceptors (Lipinski definition) is 6. The summed E-state index contributed by atoms with van der Waals surface area (Å²) in [4.78, 5) is 60.5.